The van der Waals surface area contributed by atoms with Gasteiger partial charge in [0.1, 0.15) is 11.9 Å². The number of pyridine rings is 1. The van der Waals surface area contributed by atoms with E-state index < -0.39 is 0 Å². The maximum absolute atomic E-state index is 8.64. The molecule has 1 aliphatic carbocycles. The van der Waals surface area contributed by atoms with Gasteiger partial charge in [0.05, 0.1) is 5.56 Å². The van der Waals surface area contributed by atoms with Crippen LogP contribution in [0.2, 0.25) is 0 Å². The first-order valence-electron chi connectivity index (χ1n) is 5.63. The van der Waals surface area contributed by atoms with Crippen molar-refractivity contribution in [3.05, 3.63) is 23.9 Å². The summed E-state index contributed by atoms with van der Waals surface area (Å²) in [6, 6.07) is 6.04. The lowest BCUT2D eigenvalue weighted by Gasteiger charge is -2.11. The van der Waals surface area contributed by atoms with Gasteiger partial charge in [-0.05, 0) is 37.3 Å². The van der Waals surface area contributed by atoms with Crippen molar-refractivity contribution in [3.63, 3.8) is 0 Å². The molecule has 3 N–H and O–H groups in total. The Morgan fingerprint density at radius 3 is 2.94 bits per heavy atom. The number of hydrogen-bond acceptors (Lipinski definition) is 4. The molecule has 84 valence electrons. The van der Waals surface area contributed by atoms with E-state index in [1.54, 1.807) is 12.3 Å². The molecule has 0 aromatic carbocycles. The lowest BCUT2D eigenvalue weighted by atomic mass is 10.1. The van der Waals surface area contributed by atoms with Crippen molar-refractivity contribution in [2.24, 2.45) is 11.7 Å². The number of nitrogens with one attached hydrogen (secondary N) is 1. The van der Waals surface area contributed by atoms with Gasteiger partial charge in [0.2, 0.25) is 0 Å². The van der Waals surface area contributed by atoms with Gasteiger partial charge in [0, 0.05) is 18.8 Å². The Labute approximate surface area is 95.5 Å². The van der Waals surface area contributed by atoms with Crippen LogP contribution in [0.1, 0.15) is 24.8 Å². The van der Waals surface area contributed by atoms with Gasteiger partial charge in [-0.25, -0.2) is 4.98 Å². The minimum Gasteiger partial charge on any atom is -0.370 e. The zero-order chi connectivity index (χ0) is 11.4. The van der Waals surface area contributed by atoms with Gasteiger partial charge >= 0.3 is 0 Å². The number of nitrogens with zero attached hydrogens (tertiary/aromatic N) is 2. The fraction of sp³-hybridized carbons (Fsp3) is 0.500. The molecular formula is C12H16N4. The summed E-state index contributed by atoms with van der Waals surface area (Å²) in [6.07, 6.45) is 5.02. The van der Waals surface area contributed by atoms with Gasteiger partial charge in [-0.3, -0.25) is 0 Å². The Balaban J connectivity index is 1.83. The second-order valence-electron chi connectivity index (χ2n) is 4.36. The van der Waals surface area contributed by atoms with Crippen LogP contribution in [0.4, 0.5) is 5.82 Å². The van der Waals surface area contributed by atoms with Gasteiger partial charge < -0.3 is 11.1 Å². The van der Waals surface area contributed by atoms with E-state index in [1.165, 1.54) is 6.42 Å². The summed E-state index contributed by atoms with van der Waals surface area (Å²) in [6.45, 7) is 0.923. The van der Waals surface area contributed by atoms with E-state index in [-0.39, 0.29) is 0 Å². The van der Waals surface area contributed by atoms with Crippen LogP contribution in [0.25, 0.3) is 0 Å². The van der Waals surface area contributed by atoms with Gasteiger partial charge in [0.15, 0.2) is 0 Å². The van der Waals surface area contributed by atoms with E-state index >= 15 is 0 Å². The largest absolute Gasteiger partial charge is 0.370 e. The lowest BCUT2D eigenvalue weighted by molar-refractivity contribution is 0.565. The van der Waals surface area contributed by atoms with Gasteiger partial charge in [-0.2, -0.15) is 5.26 Å². The summed E-state index contributed by atoms with van der Waals surface area (Å²) >= 11 is 0. The third kappa shape index (κ3) is 2.71. The highest BCUT2D eigenvalue weighted by molar-refractivity contribution is 5.38. The van der Waals surface area contributed by atoms with Crippen LogP contribution in [0.5, 0.6) is 0 Å². The van der Waals surface area contributed by atoms with Crippen molar-refractivity contribution in [3.8, 4) is 6.07 Å². The maximum atomic E-state index is 8.64. The smallest absolute Gasteiger partial charge is 0.125 e. The van der Waals surface area contributed by atoms with E-state index in [9.17, 15) is 0 Å². The number of nitriles is 1. The normalized spacial score (nSPS) is 24.0. The van der Waals surface area contributed by atoms with Crippen LogP contribution in [0.15, 0.2) is 18.3 Å². The van der Waals surface area contributed by atoms with Crippen molar-refractivity contribution in [1.82, 2.24) is 4.98 Å². The summed E-state index contributed by atoms with van der Waals surface area (Å²) in [4.78, 5) is 4.16. The number of nitrogens with two attached hydrogens (primary N) is 1. The summed E-state index contributed by atoms with van der Waals surface area (Å²) in [5.74, 6) is 1.49. The highest BCUT2D eigenvalue weighted by atomic mass is 15.0. The van der Waals surface area contributed by atoms with Crippen molar-refractivity contribution in [2.45, 2.75) is 25.3 Å². The molecule has 4 heteroatoms. The minimum absolute atomic E-state index is 0.376. The van der Waals surface area contributed by atoms with Crippen LogP contribution >= 0.6 is 0 Å². The predicted molar refractivity (Wildman–Crippen MR) is 62.8 cm³/mol. The first kappa shape index (κ1) is 10.9. The Hall–Kier alpha value is -1.60. The van der Waals surface area contributed by atoms with Gasteiger partial charge in [-0.1, -0.05) is 0 Å². The summed E-state index contributed by atoms with van der Waals surface area (Å²) in [5, 5.41) is 11.9. The quantitative estimate of drug-likeness (QED) is 0.802. The molecule has 1 aliphatic rings. The molecular weight excluding hydrogens is 200 g/mol. The van der Waals surface area contributed by atoms with E-state index in [2.05, 4.69) is 16.4 Å². The van der Waals surface area contributed by atoms with Crippen LogP contribution in [0, 0.1) is 17.2 Å². The molecule has 0 saturated heterocycles. The summed E-state index contributed by atoms with van der Waals surface area (Å²) < 4.78 is 0. The molecule has 2 rings (SSSR count). The molecule has 16 heavy (non-hydrogen) atoms. The maximum Gasteiger partial charge on any atom is 0.125 e. The Bertz CT molecular complexity index is 379. The fourth-order valence-electron chi connectivity index (χ4n) is 2.11. The number of hydrogen-bond donors (Lipinski definition) is 2. The van der Waals surface area contributed by atoms with Crippen LogP contribution in [0.3, 0.4) is 0 Å². The number of aromatic nitrogens is 1. The Morgan fingerprint density at radius 2 is 2.38 bits per heavy atom. The molecule has 0 radical (unpaired) electrons. The molecule has 0 aliphatic heterocycles. The molecule has 2 atom stereocenters. The second-order valence-corrected chi connectivity index (χ2v) is 4.36. The van der Waals surface area contributed by atoms with E-state index in [0.29, 0.717) is 17.5 Å². The highest BCUT2D eigenvalue weighted by Crippen LogP contribution is 2.24. The monoisotopic (exact) mass is 216 g/mol. The molecule has 0 amide bonds. The predicted octanol–water partition coefficient (Wildman–Crippen LogP) is 1.49. The average Bonchev–Trinajstić information content (AvgIpc) is 2.73. The third-order valence-electron chi connectivity index (χ3n) is 3.05. The van der Waals surface area contributed by atoms with E-state index in [0.717, 1.165) is 25.2 Å². The third-order valence-corrected chi connectivity index (χ3v) is 3.05. The average molecular weight is 216 g/mol. The van der Waals surface area contributed by atoms with E-state index in [4.69, 9.17) is 11.0 Å². The van der Waals surface area contributed by atoms with Crippen molar-refractivity contribution in [2.75, 3.05) is 11.9 Å². The minimum atomic E-state index is 0.376. The molecule has 0 bridgehead atoms. The zero-order valence-corrected chi connectivity index (χ0v) is 9.19. The zero-order valence-electron chi connectivity index (χ0n) is 9.19. The van der Waals surface area contributed by atoms with Crippen molar-refractivity contribution in [1.29, 1.82) is 5.26 Å². The van der Waals surface area contributed by atoms with Gasteiger partial charge in [-0.15, -0.1) is 0 Å². The molecule has 1 heterocycles. The standard InChI is InChI=1S/C12H16N4/c13-6-10-2-4-12(16-8-10)15-7-9-1-3-11(14)5-9/h2,4,8-9,11H,1,3,5,7,14H2,(H,15,16)/t9-,11-/m0/s1. The first-order valence-corrected chi connectivity index (χ1v) is 5.63. The Kier molecular flexibility index (Phi) is 3.37. The first-order chi connectivity index (χ1) is 7.78. The number of rotatable bonds is 3. The molecule has 1 fully saturated rings. The molecule has 1 aromatic heterocycles. The summed E-state index contributed by atoms with van der Waals surface area (Å²) in [5.41, 5.74) is 6.44. The van der Waals surface area contributed by atoms with Gasteiger partial charge in [0.25, 0.3) is 0 Å². The van der Waals surface area contributed by atoms with E-state index in [1.807, 2.05) is 6.07 Å². The molecule has 0 spiro atoms. The molecule has 1 aromatic rings. The lowest BCUT2D eigenvalue weighted by Crippen LogP contribution is -2.17. The van der Waals surface area contributed by atoms with Crippen LogP contribution < -0.4 is 11.1 Å². The van der Waals surface area contributed by atoms with Crippen LogP contribution in [-0.4, -0.2) is 17.6 Å². The Morgan fingerprint density at radius 1 is 1.50 bits per heavy atom. The molecule has 0 unspecified atom stereocenters. The topological polar surface area (TPSA) is 74.7 Å². The molecule has 4 nitrogen and oxygen atoms in total. The van der Waals surface area contributed by atoms with Crippen molar-refractivity contribution >= 4 is 5.82 Å². The van der Waals surface area contributed by atoms with Crippen molar-refractivity contribution < 1.29 is 0 Å². The molecule has 1 saturated carbocycles. The fourth-order valence-corrected chi connectivity index (χ4v) is 2.11. The highest BCUT2D eigenvalue weighted by Gasteiger charge is 2.21. The number of anilines is 1. The SMILES string of the molecule is N#Cc1ccc(NC[C@H]2CC[C@H](N)C2)nc1. The summed E-state index contributed by atoms with van der Waals surface area (Å²) in [7, 11) is 0. The second kappa shape index (κ2) is 4.95. The van der Waals surface area contributed by atoms with Crippen LogP contribution in [-0.2, 0) is 0 Å².